The van der Waals surface area contributed by atoms with Gasteiger partial charge in [0.15, 0.2) is 0 Å². The van der Waals surface area contributed by atoms with Crippen molar-refractivity contribution in [2.45, 2.75) is 0 Å². The molecule has 2 aromatic rings. The number of carbonyl (C=O) groups is 2. The number of benzene rings is 2. The maximum absolute atomic E-state index is 10.2. The van der Waals surface area contributed by atoms with Gasteiger partial charge in [-0.25, -0.2) is 0 Å². The summed E-state index contributed by atoms with van der Waals surface area (Å²) in [4.78, 5) is 20.5. The van der Waals surface area contributed by atoms with E-state index in [2.05, 4.69) is 0 Å². The number of aromatic carboxylic acids is 2. The number of para-hydroxylation sites is 2. The van der Waals surface area contributed by atoms with Crippen LogP contribution in [0.15, 0.2) is 48.5 Å². The molecule has 6 nitrogen and oxygen atoms in total. The Morgan fingerprint density at radius 3 is 1.19 bits per heavy atom. The molecule has 0 aliphatic carbocycles. The van der Waals surface area contributed by atoms with E-state index in [9.17, 15) is 19.8 Å². The third kappa shape index (κ3) is 5.56. The minimum Gasteiger partial charge on any atom is -0.545 e. The second kappa shape index (κ2) is 8.63. The van der Waals surface area contributed by atoms with Gasteiger partial charge >= 0.3 is 17.1 Å². The summed E-state index contributed by atoms with van der Waals surface area (Å²) in [5, 5.41) is 20.5. The zero-order valence-electron chi connectivity index (χ0n) is 10.8. The SMILES string of the molecule is Nc1ccccc1C(=O)[O-].Nc1ccccc1C(=O)[O-].[Mn+2]. The minimum absolute atomic E-state index is 0. The number of hydrogen-bond donors (Lipinski definition) is 2. The molecule has 109 valence electrons. The Bertz CT molecular complexity index is 576. The van der Waals surface area contributed by atoms with Gasteiger partial charge in [-0.3, -0.25) is 0 Å². The predicted octanol–water partition coefficient (Wildman–Crippen LogP) is -0.738. The van der Waals surface area contributed by atoms with Crippen LogP contribution in [0.25, 0.3) is 0 Å². The fourth-order valence-electron chi connectivity index (χ4n) is 1.37. The van der Waals surface area contributed by atoms with Gasteiger partial charge in [0.1, 0.15) is 0 Å². The molecule has 1 radical (unpaired) electrons. The largest absolute Gasteiger partial charge is 2.00 e. The van der Waals surface area contributed by atoms with Gasteiger partial charge in [0.2, 0.25) is 0 Å². The molecular formula is C14H12MnN2O4. The molecule has 0 bridgehead atoms. The van der Waals surface area contributed by atoms with E-state index in [0.29, 0.717) is 0 Å². The van der Waals surface area contributed by atoms with Crippen LogP contribution in [-0.2, 0) is 17.1 Å². The van der Waals surface area contributed by atoms with Crippen LogP contribution in [0.5, 0.6) is 0 Å². The third-order valence-corrected chi connectivity index (χ3v) is 2.36. The zero-order chi connectivity index (χ0) is 15.1. The zero-order valence-corrected chi connectivity index (χ0v) is 12.0. The van der Waals surface area contributed by atoms with Crippen molar-refractivity contribution >= 4 is 23.3 Å². The van der Waals surface area contributed by atoms with Gasteiger partial charge in [-0.15, -0.1) is 0 Å². The van der Waals surface area contributed by atoms with E-state index >= 15 is 0 Å². The molecule has 4 N–H and O–H groups in total. The van der Waals surface area contributed by atoms with Crippen LogP contribution >= 0.6 is 0 Å². The first-order chi connectivity index (χ1) is 9.43. The van der Waals surface area contributed by atoms with Crippen molar-refractivity contribution in [3.05, 3.63) is 59.7 Å². The Morgan fingerprint density at radius 2 is 1.00 bits per heavy atom. The minimum atomic E-state index is -1.24. The fourth-order valence-corrected chi connectivity index (χ4v) is 1.37. The van der Waals surface area contributed by atoms with E-state index < -0.39 is 11.9 Å². The summed E-state index contributed by atoms with van der Waals surface area (Å²) in [6.07, 6.45) is 0. The summed E-state index contributed by atoms with van der Waals surface area (Å²) >= 11 is 0. The maximum atomic E-state index is 10.2. The van der Waals surface area contributed by atoms with Gasteiger partial charge in [0.25, 0.3) is 0 Å². The van der Waals surface area contributed by atoms with Gasteiger partial charge in [-0.2, -0.15) is 0 Å². The number of nitrogen functional groups attached to an aromatic ring is 2. The quantitative estimate of drug-likeness (QED) is 0.551. The Kier molecular flexibility index (Phi) is 7.60. The smallest absolute Gasteiger partial charge is 0.545 e. The van der Waals surface area contributed by atoms with Gasteiger partial charge in [-0.1, -0.05) is 36.4 Å². The molecular weight excluding hydrogens is 315 g/mol. The topological polar surface area (TPSA) is 132 Å². The second-order valence-electron chi connectivity index (χ2n) is 3.75. The monoisotopic (exact) mass is 327 g/mol. The number of nitrogens with two attached hydrogens (primary N) is 2. The fraction of sp³-hybridized carbons (Fsp3) is 0. The normalized spacial score (nSPS) is 8.76. The molecule has 0 aromatic heterocycles. The van der Waals surface area contributed by atoms with Crippen molar-refractivity contribution < 1.29 is 36.9 Å². The summed E-state index contributed by atoms with van der Waals surface area (Å²) in [7, 11) is 0. The van der Waals surface area contributed by atoms with Crippen LogP contribution < -0.4 is 21.7 Å². The average molecular weight is 327 g/mol. The Labute approximate surface area is 131 Å². The van der Waals surface area contributed by atoms with Crippen LogP contribution in [0, 0.1) is 0 Å². The molecule has 0 fully saturated rings. The first-order valence-electron chi connectivity index (χ1n) is 5.55. The van der Waals surface area contributed by atoms with Crippen molar-refractivity contribution in [1.29, 1.82) is 0 Å². The van der Waals surface area contributed by atoms with Crippen LogP contribution in [-0.4, -0.2) is 11.9 Å². The van der Waals surface area contributed by atoms with Crippen molar-refractivity contribution in [3.8, 4) is 0 Å². The molecule has 0 saturated carbocycles. The maximum Gasteiger partial charge on any atom is 2.00 e. The van der Waals surface area contributed by atoms with E-state index in [0.717, 1.165) is 0 Å². The summed E-state index contributed by atoms with van der Waals surface area (Å²) < 4.78 is 0. The van der Waals surface area contributed by atoms with Crippen LogP contribution in [0.3, 0.4) is 0 Å². The van der Waals surface area contributed by atoms with Crippen LogP contribution in [0.4, 0.5) is 11.4 Å². The van der Waals surface area contributed by atoms with Crippen LogP contribution in [0.1, 0.15) is 20.7 Å². The molecule has 0 atom stereocenters. The average Bonchev–Trinajstić information content (AvgIpc) is 2.40. The van der Waals surface area contributed by atoms with Gasteiger partial charge in [0.05, 0.1) is 11.9 Å². The standard InChI is InChI=1S/2C7H7NO2.Mn/c2*8-6-4-2-1-3-5(6)7(9)10;/h2*1-4H,8H2,(H,9,10);/q;;+2/p-2. The molecule has 0 amide bonds. The summed E-state index contributed by atoms with van der Waals surface area (Å²) in [5.41, 5.74) is 11.2. The number of carbonyl (C=O) groups excluding carboxylic acids is 2. The number of carboxylic acids is 2. The first kappa shape index (κ1) is 18.5. The predicted molar refractivity (Wildman–Crippen MR) is 70.4 cm³/mol. The Morgan fingerprint density at radius 1 is 0.714 bits per heavy atom. The van der Waals surface area contributed by atoms with E-state index in [4.69, 9.17) is 11.5 Å². The number of hydrogen-bond acceptors (Lipinski definition) is 6. The van der Waals surface area contributed by atoms with Gasteiger partial charge < -0.3 is 31.3 Å². The van der Waals surface area contributed by atoms with Crippen LogP contribution in [0.2, 0.25) is 0 Å². The number of anilines is 2. The van der Waals surface area contributed by atoms with E-state index in [1.165, 1.54) is 24.3 Å². The summed E-state index contributed by atoms with van der Waals surface area (Å²) in [6, 6.07) is 12.4. The second-order valence-corrected chi connectivity index (χ2v) is 3.75. The molecule has 0 unspecified atom stereocenters. The van der Waals surface area contributed by atoms with E-state index in [-0.39, 0.29) is 39.6 Å². The third-order valence-electron chi connectivity index (χ3n) is 2.36. The summed E-state index contributed by atoms with van der Waals surface area (Å²) in [6.45, 7) is 0. The molecule has 7 heteroatoms. The van der Waals surface area contributed by atoms with Crippen molar-refractivity contribution in [1.82, 2.24) is 0 Å². The molecule has 21 heavy (non-hydrogen) atoms. The van der Waals surface area contributed by atoms with Crippen molar-refractivity contribution in [2.75, 3.05) is 11.5 Å². The number of rotatable bonds is 2. The Hall–Kier alpha value is -2.50. The molecule has 0 heterocycles. The molecule has 0 aliphatic rings. The summed E-state index contributed by atoms with van der Waals surface area (Å²) in [5.74, 6) is -2.48. The van der Waals surface area contributed by atoms with Crippen molar-refractivity contribution in [3.63, 3.8) is 0 Å². The molecule has 0 aliphatic heterocycles. The molecule has 2 rings (SSSR count). The molecule has 0 spiro atoms. The molecule has 2 aromatic carbocycles. The van der Waals surface area contributed by atoms with E-state index in [1.807, 2.05) is 0 Å². The molecule has 0 saturated heterocycles. The van der Waals surface area contributed by atoms with Gasteiger partial charge in [-0.05, 0) is 12.1 Å². The van der Waals surface area contributed by atoms with E-state index in [1.54, 1.807) is 24.3 Å². The first-order valence-corrected chi connectivity index (χ1v) is 5.55. The van der Waals surface area contributed by atoms with Gasteiger partial charge in [0, 0.05) is 22.5 Å². The number of carboxylic acid groups (broad SMARTS) is 2. The van der Waals surface area contributed by atoms with Crippen molar-refractivity contribution in [2.24, 2.45) is 0 Å². The Balaban J connectivity index is 0.000000364.